The Labute approximate surface area is 277 Å². The lowest BCUT2D eigenvalue weighted by Gasteiger charge is -2.39. The van der Waals surface area contributed by atoms with Crippen molar-refractivity contribution in [3.05, 3.63) is 76.9 Å². The normalized spacial score (nSPS) is 11.8. The van der Waals surface area contributed by atoms with Gasteiger partial charge in [0.2, 0.25) is 5.41 Å². The predicted molar refractivity (Wildman–Crippen MR) is 168 cm³/mol. The topological polar surface area (TPSA) is 24.9 Å². The number of halogens is 9. The zero-order valence-corrected chi connectivity index (χ0v) is 25.9. The maximum Gasteiger partial charge on any atom is 0.419 e. The van der Waals surface area contributed by atoms with Crippen LogP contribution in [0.3, 0.4) is 0 Å². The SMILES string of the molecule is C#CCN(CC#C)c1cc(C(c2ccc(Oc3cc(C)ccc3C(F)(F)F)c(N(CC#C)CC#C)c2)(C(F)(F)F)C(F)(F)F)ccc1OC. The highest BCUT2D eigenvalue weighted by atomic mass is 19.4. The second-order valence-corrected chi connectivity index (χ2v) is 10.4. The van der Waals surface area contributed by atoms with Gasteiger partial charge in [0, 0.05) is 0 Å². The van der Waals surface area contributed by atoms with E-state index >= 15 is 26.3 Å². The highest BCUT2D eigenvalue weighted by molar-refractivity contribution is 5.68. The van der Waals surface area contributed by atoms with E-state index in [2.05, 4.69) is 23.7 Å². The van der Waals surface area contributed by atoms with Gasteiger partial charge in [0.15, 0.2) is 5.75 Å². The van der Waals surface area contributed by atoms with Crippen LogP contribution >= 0.6 is 0 Å². The predicted octanol–water partition coefficient (Wildman–Crippen LogP) is 8.37. The smallest absolute Gasteiger partial charge is 0.419 e. The minimum atomic E-state index is -6.07. The number of rotatable bonds is 11. The average molecular weight is 691 g/mol. The Morgan fingerprint density at radius 3 is 1.41 bits per heavy atom. The van der Waals surface area contributed by atoms with Gasteiger partial charge in [0.05, 0.1) is 50.2 Å². The maximum absolute atomic E-state index is 15.3. The van der Waals surface area contributed by atoms with Crippen LogP contribution in [0.4, 0.5) is 50.9 Å². The Morgan fingerprint density at radius 2 is 1.02 bits per heavy atom. The van der Waals surface area contributed by atoms with E-state index in [1.54, 1.807) is 0 Å². The number of terminal acetylenes is 4. The van der Waals surface area contributed by atoms with Crippen LogP contribution in [-0.4, -0.2) is 45.6 Å². The summed E-state index contributed by atoms with van der Waals surface area (Å²) >= 11 is 0. The molecule has 0 saturated carbocycles. The molecule has 0 radical (unpaired) electrons. The quantitative estimate of drug-likeness (QED) is 0.149. The van der Waals surface area contributed by atoms with Gasteiger partial charge in [-0.05, 0) is 60.0 Å². The first-order valence-electron chi connectivity index (χ1n) is 14.0. The van der Waals surface area contributed by atoms with E-state index in [9.17, 15) is 13.2 Å². The van der Waals surface area contributed by atoms with Crippen LogP contribution in [0.25, 0.3) is 0 Å². The van der Waals surface area contributed by atoms with Gasteiger partial charge in [-0.25, -0.2) is 0 Å². The monoisotopic (exact) mass is 690 g/mol. The molecule has 0 saturated heterocycles. The molecule has 3 aromatic carbocycles. The molecule has 0 heterocycles. The standard InChI is InChI=1S/C36H27F9N2O2/c1-7-17-46(18-8-2)28-22-25(12-15-30(28)48-6)33(35(40,41)42,36(43,44)45)26-13-16-31(29(23-26)47(19-9-3)20-10-4)49-32-21-24(5)11-14-27(32)34(37,38)39/h1-4,11-16,21-23H,17-20H2,5-6H3. The van der Waals surface area contributed by atoms with E-state index in [0.29, 0.717) is 35.9 Å². The molecular weight excluding hydrogens is 663 g/mol. The molecule has 0 amide bonds. The second kappa shape index (κ2) is 14.7. The zero-order valence-electron chi connectivity index (χ0n) is 25.9. The van der Waals surface area contributed by atoms with E-state index in [-0.39, 0.29) is 24.5 Å². The summed E-state index contributed by atoms with van der Waals surface area (Å²) in [5.74, 6) is 7.45. The van der Waals surface area contributed by atoms with Crippen molar-refractivity contribution in [2.75, 3.05) is 43.1 Å². The van der Waals surface area contributed by atoms with Crippen LogP contribution in [0.5, 0.6) is 17.2 Å². The summed E-state index contributed by atoms with van der Waals surface area (Å²) in [6.45, 7) is -0.0589. The van der Waals surface area contributed by atoms with Crippen LogP contribution in [0.15, 0.2) is 54.6 Å². The Bertz CT molecular complexity index is 1790. The van der Waals surface area contributed by atoms with Crippen molar-refractivity contribution in [3.63, 3.8) is 0 Å². The molecule has 0 unspecified atom stereocenters. The lowest BCUT2D eigenvalue weighted by atomic mass is 9.72. The second-order valence-electron chi connectivity index (χ2n) is 10.4. The number of aryl methyl sites for hydroxylation is 1. The number of methoxy groups -OCH3 is 1. The molecule has 0 fully saturated rings. The third-order valence-corrected chi connectivity index (χ3v) is 7.33. The summed E-state index contributed by atoms with van der Waals surface area (Å²) in [7, 11) is 1.15. The minimum Gasteiger partial charge on any atom is -0.495 e. The first-order chi connectivity index (χ1) is 22.9. The van der Waals surface area contributed by atoms with Gasteiger partial charge in [-0.2, -0.15) is 39.5 Å². The number of alkyl halides is 9. The van der Waals surface area contributed by atoms with E-state index in [1.807, 2.05) is 0 Å². The van der Waals surface area contributed by atoms with Crippen LogP contribution in [0, 0.1) is 56.3 Å². The first-order valence-corrected chi connectivity index (χ1v) is 14.0. The van der Waals surface area contributed by atoms with Gasteiger partial charge in [0.1, 0.15) is 11.5 Å². The molecule has 3 rings (SSSR count). The summed E-state index contributed by atoms with van der Waals surface area (Å²) < 4.78 is 144. The largest absolute Gasteiger partial charge is 0.495 e. The van der Waals surface area contributed by atoms with E-state index in [4.69, 9.17) is 35.2 Å². The fraction of sp³-hybridized carbons (Fsp3) is 0.278. The van der Waals surface area contributed by atoms with Gasteiger partial charge < -0.3 is 19.3 Å². The fourth-order valence-corrected chi connectivity index (χ4v) is 5.20. The molecule has 0 aliphatic carbocycles. The summed E-state index contributed by atoms with van der Waals surface area (Å²) in [5.41, 5.74) is -9.11. The maximum atomic E-state index is 15.3. The summed E-state index contributed by atoms with van der Waals surface area (Å²) in [4.78, 5) is 2.18. The van der Waals surface area contributed by atoms with Crippen LogP contribution in [-0.2, 0) is 11.6 Å². The van der Waals surface area contributed by atoms with Crippen LogP contribution in [0.1, 0.15) is 22.3 Å². The first kappa shape index (κ1) is 37.9. The Balaban J connectivity index is 2.48. The molecule has 256 valence electrons. The van der Waals surface area contributed by atoms with Crippen molar-refractivity contribution in [2.45, 2.75) is 30.9 Å². The lowest BCUT2D eigenvalue weighted by Crippen LogP contribution is -2.55. The fourth-order valence-electron chi connectivity index (χ4n) is 5.20. The molecule has 13 heteroatoms. The highest BCUT2D eigenvalue weighted by Gasteiger charge is 2.72. The average Bonchev–Trinajstić information content (AvgIpc) is 3.00. The molecule has 0 aliphatic rings. The van der Waals surface area contributed by atoms with E-state index in [1.165, 1.54) is 11.8 Å². The molecule has 0 atom stereocenters. The van der Waals surface area contributed by atoms with Crippen molar-refractivity contribution in [3.8, 4) is 66.6 Å². The number of nitrogens with zero attached hydrogens (tertiary/aromatic N) is 2. The summed E-state index contributed by atoms with van der Waals surface area (Å²) in [6.07, 6.45) is 4.54. The number of benzene rings is 3. The van der Waals surface area contributed by atoms with Crippen molar-refractivity contribution in [2.24, 2.45) is 0 Å². The van der Waals surface area contributed by atoms with Crippen LogP contribution in [0.2, 0.25) is 0 Å². The minimum absolute atomic E-state index is 0.121. The highest BCUT2D eigenvalue weighted by Crippen LogP contribution is 2.58. The third kappa shape index (κ3) is 7.63. The Morgan fingerprint density at radius 1 is 0.592 bits per heavy atom. The third-order valence-electron chi connectivity index (χ3n) is 7.33. The van der Waals surface area contributed by atoms with Crippen molar-refractivity contribution in [1.29, 1.82) is 0 Å². The molecule has 0 aromatic heterocycles. The van der Waals surface area contributed by atoms with Gasteiger partial charge in [-0.15, -0.1) is 25.7 Å². The molecule has 3 aromatic rings. The van der Waals surface area contributed by atoms with E-state index in [0.717, 1.165) is 36.3 Å². The van der Waals surface area contributed by atoms with Gasteiger partial charge in [0.25, 0.3) is 0 Å². The zero-order chi connectivity index (χ0) is 36.8. The number of anilines is 2. The van der Waals surface area contributed by atoms with Crippen molar-refractivity contribution < 1.29 is 49.0 Å². The molecule has 49 heavy (non-hydrogen) atoms. The van der Waals surface area contributed by atoms with E-state index < -0.39 is 70.9 Å². The summed E-state index contributed by atoms with van der Waals surface area (Å²) in [6, 6.07) is 6.70. The molecule has 0 spiro atoms. The molecule has 0 aliphatic heterocycles. The van der Waals surface area contributed by atoms with Crippen molar-refractivity contribution in [1.82, 2.24) is 0 Å². The number of ether oxygens (including phenoxy) is 2. The molecule has 4 nitrogen and oxygen atoms in total. The number of hydrogen-bond acceptors (Lipinski definition) is 4. The Hall–Kier alpha value is -5.53. The number of hydrogen-bond donors (Lipinski definition) is 0. The van der Waals surface area contributed by atoms with Gasteiger partial charge in [-0.3, -0.25) is 0 Å². The lowest BCUT2D eigenvalue weighted by molar-refractivity contribution is -0.288. The molecular formula is C36H27F9N2O2. The van der Waals surface area contributed by atoms with Crippen LogP contribution < -0.4 is 19.3 Å². The molecule has 0 N–H and O–H groups in total. The Kier molecular flexibility index (Phi) is 11.4. The molecule has 0 bridgehead atoms. The summed E-state index contributed by atoms with van der Waals surface area (Å²) in [5, 5.41) is 0. The van der Waals surface area contributed by atoms with Gasteiger partial charge in [-0.1, -0.05) is 41.9 Å². The van der Waals surface area contributed by atoms with Gasteiger partial charge >= 0.3 is 18.5 Å². The van der Waals surface area contributed by atoms with Crippen molar-refractivity contribution >= 4 is 11.4 Å².